The fourth-order valence-corrected chi connectivity index (χ4v) is 1.94. The third kappa shape index (κ3) is 3.08. The standard InChI is InChI=1S/C15H14ClFN2O/c1-9-7-10(15(18)19)5-6-11(9)8-20-13-4-2-3-12(16)14(13)17/h2-7H,8H2,1H3,(H3,18,19). The van der Waals surface area contributed by atoms with Gasteiger partial charge in [-0.2, -0.15) is 0 Å². The van der Waals surface area contributed by atoms with Gasteiger partial charge in [-0.25, -0.2) is 4.39 Å². The van der Waals surface area contributed by atoms with Crippen molar-refractivity contribution in [2.24, 2.45) is 5.73 Å². The fraction of sp³-hybridized carbons (Fsp3) is 0.133. The number of amidine groups is 1. The van der Waals surface area contributed by atoms with Gasteiger partial charge in [0, 0.05) is 5.56 Å². The first kappa shape index (κ1) is 14.3. The van der Waals surface area contributed by atoms with E-state index in [-0.39, 0.29) is 23.2 Å². The average molecular weight is 293 g/mol. The largest absolute Gasteiger partial charge is 0.486 e. The topological polar surface area (TPSA) is 59.1 Å². The summed E-state index contributed by atoms with van der Waals surface area (Å²) in [7, 11) is 0. The van der Waals surface area contributed by atoms with Gasteiger partial charge in [-0.1, -0.05) is 29.8 Å². The van der Waals surface area contributed by atoms with Crippen molar-refractivity contribution in [3.63, 3.8) is 0 Å². The zero-order chi connectivity index (χ0) is 14.7. The highest BCUT2D eigenvalue weighted by molar-refractivity contribution is 6.30. The Hall–Kier alpha value is -2.07. The molecule has 0 saturated carbocycles. The van der Waals surface area contributed by atoms with Crippen LogP contribution in [0, 0.1) is 18.2 Å². The van der Waals surface area contributed by atoms with Gasteiger partial charge in [-0.05, 0) is 36.2 Å². The molecule has 3 nitrogen and oxygen atoms in total. The number of halogens is 2. The molecule has 2 aromatic carbocycles. The first-order valence-corrected chi connectivity index (χ1v) is 6.37. The second-order valence-corrected chi connectivity index (χ2v) is 4.80. The predicted molar refractivity (Wildman–Crippen MR) is 77.9 cm³/mol. The first-order chi connectivity index (χ1) is 9.49. The monoisotopic (exact) mass is 292 g/mol. The number of rotatable bonds is 4. The lowest BCUT2D eigenvalue weighted by molar-refractivity contribution is 0.289. The van der Waals surface area contributed by atoms with Crippen molar-refractivity contribution in [2.75, 3.05) is 0 Å². The summed E-state index contributed by atoms with van der Waals surface area (Å²) in [5.74, 6) is -0.429. The van der Waals surface area contributed by atoms with Crippen LogP contribution in [0.25, 0.3) is 0 Å². The van der Waals surface area contributed by atoms with E-state index in [9.17, 15) is 4.39 Å². The summed E-state index contributed by atoms with van der Waals surface area (Å²) in [6, 6.07) is 9.98. The lowest BCUT2D eigenvalue weighted by Gasteiger charge is -2.11. The fourth-order valence-electron chi connectivity index (χ4n) is 1.78. The molecule has 0 aliphatic carbocycles. The van der Waals surface area contributed by atoms with Gasteiger partial charge in [0.1, 0.15) is 12.4 Å². The van der Waals surface area contributed by atoms with Gasteiger partial charge < -0.3 is 10.5 Å². The molecule has 0 bridgehead atoms. The SMILES string of the molecule is Cc1cc(C(=N)N)ccc1COc1cccc(Cl)c1F. The minimum atomic E-state index is -0.563. The lowest BCUT2D eigenvalue weighted by Crippen LogP contribution is -2.11. The molecule has 2 aromatic rings. The van der Waals surface area contributed by atoms with Gasteiger partial charge in [-0.3, -0.25) is 5.41 Å². The molecule has 2 rings (SSSR count). The minimum Gasteiger partial charge on any atom is -0.486 e. The van der Waals surface area contributed by atoms with Crippen molar-refractivity contribution in [3.05, 3.63) is 63.9 Å². The van der Waals surface area contributed by atoms with Crippen molar-refractivity contribution >= 4 is 17.4 Å². The van der Waals surface area contributed by atoms with Gasteiger partial charge in [0.2, 0.25) is 0 Å². The zero-order valence-corrected chi connectivity index (χ0v) is 11.7. The molecule has 0 aliphatic rings. The van der Waals surface area contributed by atoms with Crippen molar-refractivity contribution in [1.29, 1.82) is 5.41 Å². The number of nitrogens with two attached hydrogens (primary N) is 1. The molecule has 0 aliphatic heterocycles. The van der Waals surface area contributed by atoms with E-state index in [4.69, 9.17) is 27.5 Å². The van der Waals surface area contributed by atoms with E-state index in [2.05, 4.69) is 0 Å². The highest BCUT2D eigenvalue weighted by Gasteiger charge is 2.08. The van der Waals surface area contributed by atoms with E-state index in [0.29, 0.717) is 5.56 Å². The number of benzene rings is 2. The van der Waals surface area contributed by atoms with Crippen LogP contribution in [0.2, 0.25) is 5.02 Å². The molecule has 0 spiro atoms. The Balaban J connectivity index is 2.15. The van der Waals surface area contributed by atoms with E-state index in [1.807, 2.05) is 13.0 Å². The van der Waals surface area contributed by atoms with Crippen LogP contribution in [-0.2, 0) is 6.61 Å². The second-order valence-electron chi connectivity index (χ2n) is 4.40. The Morgan fingerprint density at radius 3 is 2.75 bits per heavy atom. The van der Waals surface area contributed by atoms with Crippen LogP contribution < -0.4 is 10.5 Å². The normalized spacial score (nSPS) is 10.3. The molecule has 0 saturated heterocycles. The number of ether oxygens (including phenoxy) is 1. The number of nitrogens with one attached hydrogen (secondary N) is 1. The number of nitrogen functional groups attached to an aromatic ring is 1. The summed E-state index contributed by atoms with van der Waals surface area (Å²) in [6.45, 7) is 2.11. The summed E-state index contributed by atoms with van der Waals surface area (Å²) in [6.07, 6.45) is 0. The van der Waals surface area contributed by atoms with Crippen molar-refractivity contribution in [2.45, 2.75) is 13.5 Å². The molecule has 20 heavy (non-hydrogen) atoms. The van der Waals surface area contributed by atoms with Crippen molar-refractivity contribution in [3.8, 4) is 5.75 Å². The Labute approximate surface area is 121 Å². The van der Waals surface area contributed by atoms with Crippen LogP contribution in [0.1, 0.15) is 16.7 Å². The molecule has 104 valence electrons. The third-order valence-corrected chi connectivity index (χ3v) is 3.24. The van der Waals surface area contributed by atoms with Gasteiger partial charge in [0.15, 0.2) is 11.6 Å². The number of hydrogen-bond acceptors (Lipinski definition) is 2. The van der Waals surface area contributed by atoms with E-state index in [1.54, 1.807) is 18.2 Å². The zero-order valence-electron chi connectivity index (χ0n) is 10.9. The summed E-state index contributed by atoms with van der Waals surface area (Å²) in [4.78, 5) is 0. The summed E-state index contributed by atoms with van der Waals surface area (Å²) in [5, 5.41) is 7.41. The van der Waals surface area contributed by atoms with Gasteiger partial charge in [0.25, 0.3) is 0 Å². The highest BCUT2D eigenvalue weighted by atomic mass is 35.5. The molecule has 0 aromatic heterocycles. The predicted octanol–water partition coefficient (Wildman–Crippen LogP) is 3.65. The maximum atomic E-state index is 13.7. The molecule has 0 amide bonds. The van der Waals surface area contributed by atoms with Gasteiger partial charge in [-0.15, -0.1) is 0 Å². The maximum absolute atomic E-state index is 13.7. The smallest absolute Gasteiger partial charge is 0.183 e. The third-order valence-electron chi connectivity index (χ3n) is 2.95. The summed E-state index contributed by atoms with van der Waals surface area (Å²) >= 11 is 5.69. The molecule has 0 radical (unpaired) electrons. The van der Waals surface area contributed by atoms with Crippen LogP contribution >= 0.6 is 11.6 Å². The Morgan fingerprint density at radius 1 is 1.35 bits per heavy atom. The lowest BCUT2D eigenvalue weighted by atomic mass is 10.1. The Kier molecular flexibility index (Phi) is 4.25. The van der Waals surface area contributed by atoms with Crippen LogP contribution in [0.4, 0.5) is 4.39 Å². The molecular weight excluding hydrogens is 279 g/mol. The summed E-state index contributed by atoms with van der Waals surface area (Å²) in [5.41, 5.74) is 7.90. The van der Waals surface area contributed by atoms with E-state index in [1.165, 1.54) is 12.1 Å². The molecule has 0 heterocycles. The van der Waals surface area contributed by atoms with Crippen LogP contribution in [0.3, 0.4) is 0 Å². The van der Waals surface area contributed by atoms with Gasteiger partial charge in [0.05, 0.1) is 5.02 Å². The molecule has 3 N–H and O–H groups in total. The van der Waals surface area contributed by atoms with Crippen LogP contribution in [0.5, 0.6) is 5.75 Å². The Morgan fingerprint density at radius 2 is 2.10 bits per heavy atom. The maximum Gasteiger partial charge on any atom is 0.183 e. The van der Waals surface area contributed by atoms with E-state index in [0.717, 1.165) is 11.1 Å². The number of aryl methyl sites for hydroxylation is 1. The quantitative estimate of drug-likeness (QED) is 0.667. The van der Waals surface area contributed by atoms with Crippen LogP contribution in [-0.4, -0.2) is 5.84 Å². The van der Waals surface area contributed by atoms with Gasteiger partial charge >= 0.3 is 0 Å². The molecule has 0 fully saturated rings. The second kappa shape index (κ2) is 5.92. The molecular formula is C15H14ClFN2O. The van der Waals surface area contributed by atoms with E-state index >= 15 is 0 Å². The first-order valence-electron chi connectivity index (χ1n) is 6.00. The van der Waals surface area contributed by atoms with E-state index < -0.39 is 5.82 Å². The van der Waals surface area contributed by atoms with Crippen molar-refractivity contribution in [1.82, 2.24) is 0 Å². The molecule has 5 heteroatoms. The molecule has 0 unspecified atom stereocenters. The number of hydrogen-bond donors (Lipinski definition) is 2. The van der Waals surface area contributed by atoms with Crippen LogP contribution in [0.15, 0.2) is 36.4 Å². The van der Waals surface area contributed by atoms with Crippen molar-refractivity contribution < 1.29 is 9.13 Å². The highest BCUT2D eigenvalue weighted by Crippen LogP contribution is 2.25. The average Bonchev–Trinajstić information content (AvgIpc) is 2.41. The Bertz CT molecular complexity index is 658. The molecule has 0 atom stereocenters. The summed E-state index contributed by atoms with van der Waals surface area (Å²) < 4.78 is 19.1. The minimum absolute atomic E-state index is 0.0152.